The lowest BCUT2D eigenvalue weighted by Crippen LogP contribution is -2.26. The lowest BCUT2D eigenvalue weighted by molar-refractivity contribution is 0.102. The molecule has 5 nitrogen and oxygen atoms in total. The van der Waals surface area contributed by atoms with E-state index in [2.05, 4.69) is 5.32 Å². The van der Waals surface area contributed by atoms with Crippen molar-refractivity contribution in [2.75, 3.05) is 16.7 Å². The monoisotopic (exact) mass is 394 g/mol. The summed E-state index contributed by atoms with van der Waals surface area (Å²) in [6, 6.07) is 20.7. The Morgan fingerprint density at radius 1 is 0.857 bits per heavy atom. The molecular weight excluding hydrogens is 372 g/mol. The van der Waals surface area contributed by atoms with Gasteiger partial charge in [0, 0.05) is 18.3 Å². The van der Waals surface area contributed by atoms with E-state index >= 15 is 0 Å². The first-order chi connectivity index (χ1) is 13.3. The highest BCUT2D eigenvalue weighted by atomic mass is 32.2. The van der Waals surface area contributed by atoms with Crippen LogP contribution in [0.15, 0.2) is 77.7 Å². The van der Waals surface area contributed by atoms with Crippen LogP contribution in [0.3, 0.4) is 0 Å². The number of aryl methyl sites for hydroxylation is 2. The van der Waals surface area contributed by atoms with Gasteiger partial charge in [-0.05, 0) is 67.9 Å². The summed E-state index contributed by atoms with van der Waals surface area (Å²) >= 11 is 0. The van der Waals surface area contributed by atoms with Crippen molar-refractivity contribution in [2.24, 2.45) is 0 Å². The van der Waals surface area contributed by atoms with Gasteiger partial charge in [-0.3, -0.25) is 9.10 Å². The van der Waals surface area contributed by atoms with Crippen LogP contribution in [0.2, 0.25) is 0 Å². The second-order valence-electron chi connectivity index (χ2n) is 6.66. The van der Waals surface area contributed by atoms with Gasteiger partial charge in [-0.15, -0.1) is 0 Å². The topological polar surface area (TPSA) is 66.5 Å². The summed E-state index contributed by atoms with van der Waals surface area (Å²) in [6.07, 6.45) is 0. The fourth-order valence-electron chi connectivity index (χ4n) is 2.76. The first kappa shape index (κ1) is 19.6. The molecule has 0 radical (unpaired) electrons. The van der Waals surface area contributed by atoms with Gasteiger partial charge >= 0.3 is 0 Å². The number of carbonyl (C=O) groups excluding carboxylic acids is 1. The quantitative estimate of drug-likeness (QED) is 0.698. The summed E-state index contributed by atoms with van der Waals surface area (Å²) in [5.74, 6) is -0.249. The zero-order valence-electron chi connectivity index (χ0n) is 16.0. The molecule has 3 aromatic rings. The van der Waals surface area contributed by atoms with Gasteiger partial charge in [0.2, 0.25) is 0 Å². The summed E-state index contributed by atoms with van der Waals surface area (Å²) in [7, 11) is -2.17. The second-order valence-corrected chi connectivity index (χ2v) is 8.63. The predicted octanol–water partition coefficient (Wildman–Crippen LogP) is 4.38. The van der Waals surface area contributed by atoms with Crippen molar-refractivity contribution < 1.29 is 13.2 Å². The number of amides is 1. The number of carbonyl (C=O) groups is 1. The van der Waals surface area contributed by atoms with Gasteiger partial charge in [0.25, 0.3) is 15.9 Å². The van der Waals surface area contributed by atoms with E-state index in [-0.39, 0.29) is 10.8 Å². The molecule has 0 aliphatic carbocycles. The molecular formula is C22H22N2O3S. The maximum atomic E-state index is 12.8. The van der Waals surface area contributed by atoms with Gasteiger partial charge in [0.05, 0.1) is 10.6 Å². The normalized spacial score (nSPS) is 11.1. The lowest BCUT2D eigenvalue weighted by atomic mass is 10.1. The molecule has 0 saturated carbocycles. The molecule has 1 N–H and O–H groups in total. The number of hydrogen-bond donors (Lipinski definition) is 1. The number of hydrogen-bond acceptors (Lipinski definition) is 3. The van der Waals surface area contributed by atoms with E-state index in [4.69, 9.17) is 0 Å². The molecule has 28 heavy (non-hydrogen) atoms. The van der Waals surface area contributed by atoms with Crippen molar-refractivity contribution in [3.8, 4) is 0 Å². The fourth-order valence-corrected chi connectivity index (χ4v) is 3.95. The smallest absolute Gasteiger partial charge is 0.264 e. The minimum atomic E-state index is -3.66. The van der Waals surface area contributed by atoms with Crippen LogP contribution in [0.25, 0.3) is 0 Å². The van der Waals surface area contributed by atoms with Crippen LogP contribution in [0, 0.1) is 13.8 Å². The Hall–Kier alpha value is -3.12. The van der Waals surface area contributed by atoms with Crippen molar-refractivity contribution in [3.63, 3.8) is 0 Å². The van der Waals surface area contributed by atoms with Gasteiger partial charge in [-0.2, -0.15) is 0 Å². The second kappa shape index (κ2) is 7.86. The summed E-state index contributed by atoms with van der Waals surface area (Å²) in [5.41, 5.74) is 3.69. The van der Waals surface area contributed by atoms with Crippen molar-refractivity contribution >= 4 is 27.3 Å². The molecule has 0 spiro atoms. The van der Waals surface area contributed by atoms with Crippen LogP contribution in [-0.2, 0) is 10.0 Å². The zero-order chi connectivity index (χ0) is 20.3. The van der Waals surface area contributed by atoms with E-state index in [0.29, 0.717) is 16.9 Å². The van der Waals surface area contributed by atoms with Gasteiger partial charge in [-0.25, -0.2) is 8.42 Å². The maximum absolute atomic E-state index is 12.8. The Kier molecular flexibility index (Phi) is 5.51. The van der Waals surface area contributed by atoms with E-state index < -0.39 is 10.0 Å². The molecule has 0 aliphatic rings. The third kappa shape index (κ3) is 4.23. The van der Waals surface area contributed by atoms with Crippen LogP contribution in [-0.4, -0.2) is 21.4 Å². The van der Waals surface area contributed by atoms with Gasteiger partial charge in [0.15, 0.2) is 0 Å². The zero-order valence-corrected chi connectivity index (χ0v) is 16.8. The number of sulfonamides is 1. The molecule has 1 amide bonds. The van der Waals surface area contributed by atoms with Gasteiger partial charge in [0.1, 0.15) is 0 Å². The minimum Gasteiger partial charge on any atom is -0.322 e. The Balaban J connectivity index is 1.77. The van der Waals surface area contributed by atoms with E-state index in [0.717, 1.165) is 11.1 Å². The molecule has 144 valence electrons. The predicted molar refractivity (Wildman–Crippen MR) is 112 cm³/mol. The molecule has 0 aliphatic heterocycles. The van der Waals surface area contributed by atoms with Crippen LogP contribution in [0.5, 0.6) is 0 Å². The highest BCUT2D eigenvalue weighted by Crippen LogP contribution is 2.23. The molecule has 0 aromatic heterocycles. The molecule has 3 aromatic carbocycles. The number of nitrogens with zero attached hydrogens (tertiary/aromatic N) is 1. The standard InChI is InChI=1S/C22H22N2O3S/c1-16-7-13-21(14-8-16)28(26,27)24(3)20-11-9-18(10-12-20)22(25)23-19-6-4-5-17(2)15-19/h4-15H,1-3H3,(H,23,25). The van der Waals surface area contributed by atoms with Crippen LogP contribution in [0.4, 0.5) is 11.4 Å². The van der Waals surface area contributed by atoms with Gasteiger partial charge < -0.3 is 5.32 Å². The third-order valence-corrected chi connectivity index (χ3v) is 6.25. The molecule has 0 bridgehead atoms. The summed E-state index contributed by atoms with van der Waals surface area (Å²) in [6.45, 7) is 3.86. The summed E-state index contributed by atoms with van der Waals surface area (Å²) in [5, 5.41) is 2.84. The van der Waals surface area contributed by atoms with E-state index in [1.807, 2.05) is 38.1 Å². The molecule has 0 fully saturated rings. The number of rotatable bonds is 5. The third-order valence-electron chi connectivity index (χ3n) is 4.45. The van der Waals surface area contributed by atoms with Crippen molar-refractivity contribution in [3.05, 3.63) is 89.5 Å². The van der Waals surface area contributed by atoms with E-state index in [1.54, 1.807) is 48.5 Å². The largest absolute Gasteiger partial charge is 0.322 e. The average Bonchev–Trinajstić information content (AvgIpc) is 2.68. The van der Waals surface area contributed by atoms with Crippen molar-refractivity contribution in [2.45, 2.75) is 18.7 Å². The van der Waals surface area contributed by atoms with Crippen molar-refractivity contribution in [1.82, 2.24) is 0 Å². The molecule has 0 unspecified atom stereocenters. The highest BCUT2D eigenvalue weighted by Gasteiger charge is 2.21. The fraction of sp³-hybridized carbons (Fsp3) is 0.136. The Morgan fingerprint density at radius 3 is 2.11 bits per heavy atom. The Labute approximate surface area is 165 Å². The molecule has 0 saturated heterocycles. The molecule has 6 heteroatoms. The number of benzene rings is 3. The SMILES string of the molecule is Cc1ccc(S(=O)(=O)N(C)c2ccc(C(=O)Nc3cccc(C)c3)cc2)cc1. The van der Waals surface area contributed by atoms with Crippen LogP contribution >= 0.6 is 0 Å². The van der Waals surface area contributed by atoms with E-state index in [9.17, 15) is 13.2 Å². The average molecular weight is 394 g/mol. The number of anilines is 2. The number of nitrogens with one attached hydrogen (secondary N) is 1. The Bertz CT molecular complexity index is 1090. The maximum Gasteiger partial charge on any atom is 0.264 e. The lowest BCUT2D eigenvalue weighted by Gasteiger charge is -2.20. The first-order valence-corrected chi connectivity index (χ1v) is 10.2. The van der Waals surface area contributed by atoms with Crippen LogP contribution < -0.4 is 9.62 Å². The first-order valence-electron chi connectivity index (χ1n) is 8.81. The summed E-state index contributed by atoms with van der Waals surface area (Å²) < 4.78 is 26.8. The summed E-state index contributed by atoms with van der Waals surface area (Å²) in [4.78, 5) is 12.6. The molecule has 3 rings (SSSR count). The van der Waals surface area contributed by atoms with Gasteiger partial charge in [-0.1, -0.05) is 29.8 Å². The Morgan fingerprint density at radius 2 is 1.50 bits per heavy atom. The highest BCUT2D eigenvalue weighted by molar-refractivity contribution is 7.92. The van der Waals surface area contributed by atoms with Crippen LogP contribution in [0.1, 0.15) is 21.5 Å². The van der Waals surface area contributed by atoms with Crippen molar-refractivity contribution in [1.29, 1.82) is 0 Å². The molecule has 0 heterocycles. The van der Waals surface area contributed by atoms with E-state index in [1.165, 1.54) is 11.4 Å². The minimum absolute atomic E-state index is 0.224. The molecule has 0 atom stereocenters.